The molecule has 0 spiro atoms. The molecule has 0 radical (unpaired) electrons. The molecule has 1 fully saturated rings. The predicted octanol–water partition coefficient (Wildman–Crippen LogP) is 3.04. The van der Waals surface area contributed by atoms with E-state index in [1.807, 2.05) is 60.4 Å². The largest absolute Gasteiger partial charge is 0.495 e. The maximum Gasteiger partial charge on any atom is 0.253 e. The van der Waals surface area contributed by atoms with E-state index in [0.29, 0.717) is 37.6 Å². The Kier molecular flexibility index (Phi) is 6.88. The topological polar surface area (TPSA) is 61.9 Å². The molecule has 154 valence electrons. The van der Waals surface area contributed by atoms with Gasteiger partial charge in [0.25, 0.3) is 5.91 Å². The molecule has 0 bridgehead atoms. The number of anilines is 1. The predicted molar refractivity (Wildman–Crippen MR) is 114 cm³/mol. The number of nitrogens with one attached hydrogen (secondary N) is 1. The molecule has 0 aromatic heterocycles. The van der Waals surface area contributed by atoms with E-state index in [1.54, 1.807) is 7.11 Å². The lowest BCUT2D eigenvalue weighted by atomic mass is 10.1. The van der Waals surface area contributed by atoms with Crippen LogP contribution in [0.5, 0.6) is 5.75 Å². The van der Waals surface area contributed by atoms with Crippen LogP contribution < -0.4 is 10.1 Å². The van der Waals surface area contributed by atoms with E-state index in [1.165, 1.54) is 5.56 Å². The summed E-state index contributed by atoms with van der Waals surface area (Å²) < 4.78 is 5.30. The molecule has 0 aliphatic carbocycles. The van der Waals surface area contributed by atoms with E-state index in [9.17, 15) is 9.59 Å². The van der Waals surface area contributed by atoms with Crippen LogP contribution in [0.4, 0.5) is 5.69 Å². The molecule has 1 N–H and O–H groups in total. The summed E-state index contributed by atoms with van der Waals surface area (Å²) in [7, 11) is 1.58. The molecule has 2 aromatic carbocycles. The zero-order valence-corrected chi connectivity index (χ0v) is 17.4. The van der Waals surface area contributed by atoms with E-state index in [2.05, 4.69) is 17.1 Å². The maximum absolute atomic E-state index is 12.7. The van der Waals surface area contributed by atoms with Gasteiger partial charge in [-0.3, -0.25) is 14.5 Å². The zero-order valence-electron chi connectivity index (χ0n) is 17.4. The number of amides is 2. The number of para-hydroxylation sites is 2. The molecule has 1 atom stereocenters. The van der Waals surface area contributed by atoms with Gasteiger partial charge in [-0.1, -0.05) is 31.2 Å². The summed E-state index contributed by atoms with van der Waals surface area (Å²) in [4.78, 5) is 29.4. The average Bonchev–Trinajstić information content (AvgIpc) is 2.78. The van der Waals surface area contributed by atoms with Crippen LogP contribution in [-0.4, -0.2) is 60.9 Å². The number of benzene rings is 2. The quantitative estimate of drug-likeness (QED) is 0.817. The summed E-state index contributed by atoms with van der Waals surface area (Å²) in [5, 5.41) is 2.94. The molecule has 1 saturated heterocycles. The minimum absolute atomic E-state index is 0.0541. The fraction of sp³-hybridized carbons (Fsp3) is 0.391. The first-order valence-electron chi connectivity index (χ1n) is 10.1. The van der Waals surface area contributed by atoms with Crippen molar-refractivity contribution in [1.29, 1.82) is 0 Å². The van der Waals surface area contributed by atoms with Crippen LogP contribution >= 0.6 is 0 Å². The van der Waals surface area contributed by atoms with Gasteiger partial charge in [-0.2, -0.15) is 0 Å². The first-order valence-corrected chi connectivity index (χ1v) is 10.1. The highest BCUT2D eigenvalue weighted by Crippen LogP contribution is 2.23. The van der Waals surface area contributed by atoms with Gasteiger partial charge in [-0.05, 0) is 43.2 Å². The van der Waals surface area contributed by atoms with Crippen molar-refractivity contribution >= 4 is 17.5 Å². The number of carbonyl (C=O) groups is 2. The van der Waals surface area contributed by atoms with E-state index in [-0.39, 0.29) is 17.9 Å². The minimum Gasteiger partial charge on any atom is -0.495 e. The second-order valence-electron chi connectivity index (χ2n) is 7.24. The average molecular weight is 396 g/mol. The number of nitrogens with zero attached hydrogens (tertiary/aromatic N) is 2. The fourth-order valence-electron chi connectivity index (χ4n) is 3.53. The Morgan fingerprint density at radius 2 is 1.69 bits per heavy atom. The number of aryl methyl sites for hydroxylation is 1. The van der Waals surface area contributed by atoms with E-state index in [0.717, 1.165) is 12.0 Å². The Labute approximate surface area is 172 Å². The number of carbonyl (C=O) groups excluding carboxylic acids is 2. The zero-order chi connectivity index (χ0) is 20.8. The van der Waals surface area contributed by atoms with Crippen molar-refractivity contribution in [1.82, 2.24) is 9.80 Å². The lowest BCUT2D eigenvalue weighted by Crippen LogP contribution is -2.54. The molecule has 6 nitrogen and oxygen atoms in total. The first kappa shape index (κ1) is 20.9. The second kappa shape index (κ2) is 9.56. The molecule has 1 aliphatic heterocycles. The van der Waals surface area contributed by atoms with Crippen molar-refractivity contribution in [2.75, 3.05) is 38.6 Å². The summed E-state index contributed by atoms with van der Waals surface area (Å²) >= 11 is 0. The van der Waals surface area contributed by atoms with Crippen molar-refractivity contribution < 1.29 is 14.3 Å². The number of hydrogen-bond donors (Lipinski definition) is 1. The summed E-state index contributed by atoms with van der Waals surface area (Å²) in [6.07, 6.45) is 0.960. The minimum atomic E-state index is -0.291. The summed E-state index contributed by atoms with van der Waals surface area (Å²) in [5.41, 5.74) is 2.61. The molecule has 6 heteroatoms. The second-order valence-corrected chi connectivity index (χ2v) is 7.24. The Morgan fingerprint density at radius 1 is 1.03 bits per heavy atom. The Morgan fingerprint density at radius 3 is 2.31 bits per heavy atom. The van der Waals surface area contributed by atoms with Crippen LogP contribution in [0.2, 0.25) is 0 Å². The maximum atomic E-state index is 12.7. The molecule has 2 amide bonds. The lowest BCUT2D eigenvalue weighted by molar-refractivity contribution is -0.121. The standard InChI is InChI=1S/C23H29N3O3/c1-4-18-9-11-19(12-10-18)23(28)26-15-13-25(14-16-26)17(2)22(27)24-20-7-5-6-8-21(20)29-3/h5-12,17H,4,13-16H2,1-3H3,(H,24,27). The van der Waals surface area contributed by atoms with Gasteiger partial charge in [0.05, 0.1) is 18.8 Å². The van der Waals surface area contributed by atoms with Gasteiger partial charge in [0.15, 0.2) is 0 Å². The van der Waals surface area contributed by atoms with Crippen molar-refractivity contribution in [2.24, 2.45) is 0 Å². The first-order chi connectivity index (χ1) is 14.0. The van der Waals surface area contributed by atoms with Crippen molar-refractivity contribution in [2.45, 2.75) is 26.3 Å². The Bertz CT molecular complexity index is 843. The molecule has 2 aromatic rings. The van der Waals surface area contributed by atoms with Gasteiger partial charge in [0.1, 0.15) is 5.75 Å². The number of rotatable bonds is 6. The highest BCUT2D eigenvalue weighted by molar-refractivity contribution is 5.96. The Hall–Kier alpha value is -2.86. The summed E-state index contributed by atoms with van der Waals surface area (Å²) in [6.45, 7) is 6.55. The van der Waals surface area contributed by atoms with Crippen LogP contribution in [0.1, 0.15) is 29.8 Å². The summed E-state index contributed by atoms with van der Waals surface area (Å²) in [6, 6.07) is 14.9. The van der Waals surface area contributed by atoms with Crippen LogP contribution in [-0.2, 0) is 11.2 Å². The van der Waals surface area contributed by atoms with Crippen LogP contribution in [0.3, 0.4) is 0 Å². The molecule has 1 aliphatic rings. The third-order valence-electron chi connectivity index (χ3n) is 5.50. The smallest absolute Gasteiger partial charge is 0.253 e. The monoisotopic (exact) mass is 395 g/mol. The normalized spacial score (nSPS) is 15.6. The molecule has 1 unspecified atom stereocenters. The van der Waals surface area contributed by atoms with Crippen LogP contribution in [0.25, 0.3) is 0 Å². The number of methoxy groups -OCH3 is 1. The fourth-order valence-corrected chi connectivity index (χ4v) is 3.53. The van der Waals surface area contributed by atoms with Crippen molar-refractivity contribution in [3.05, 3.63) is 59.7 Å². The van der Waals surface area contributed by atoms with Crippen LogP contribution in [0.15, 0.2) is 48.5 Å². The highest BCUT2D eigenvalue weighted by atomic mass is 16.5. The van der Waals surface area contributed by atoms with Gasteiger partial charge in [-0.25, -0.2) is 0 Å². The lowest BCUT2D eigenvalue weighted by Gasteiger charge is -2.37. The SMILES string of the molecule is CCc1ccc(C(=O)N2CCN(C(C)C(=O)Nc3ccccc3OC)CC2)cc1. The third-order valence-corrected chi connectivity index (χ3v) is 5.50. The number of ether oxygens (including phenoxy) is 1. The molecule has 29 heavy (non-hydrogen) atoms. The van der Waals surface area contributed by atoms with Gasteiger partial charge >= 0.3 is 0 Å². The van der Waals surface area contributed by atoms with Crippen LogP contribution in [0, 0.1) is 0 Å². The van der Waals surface area contributed by atoms with Gasteiger partial charge in [0.2, 0.25) is 5.91 Å². The van der Waals surface area contributed by atoms with Gasteiger partial charge < -0.3 is 15.0 Å². The molecular weight excluding hydrogens is 366 g/mol. The molecule has 3 rings (SSSR count). The molecule has 1 heterocycles. The van der Waals surface area contributed by atoms with Gasteiger partial charge in [-0.15, -0.1) is 0 Å². The number of hydrogen-bond acceptors (Lipinski definition) is 4. The number of piperazine rings is 1. The van der Waals surface area contributed by atoms with Gasteiger partial charge in [0, 0.05) is 31.7 Å². The molecular formula is C23H29N3O3. The van der Waals surface area contributed by atoms with Crippen molar-refractivity contribution in [3.63, 3.8) is 0 Å². The van der Waals surface area contributed by atoms with E-state index < -0.39 is 0 Å². The highest BCUT2D eigenvalue weighted by Gasteiger charge is 2.28. The van der Waals surface area contributed by atoms with E-state index >= 15 is 0 Å². The Balaban J connectivity index is 1.55. The summed E-state index contributed by atoms with van der Waals surface area (Å²) in [5.74, 6) is 0.611. The van der Waals surface area contributed by atoms with Crippen molar-refractivity contribution in [3.8, 4) is 5.75 Å². The molecule has 0 saturated carbocycles. The van der Waals surface area contributed by atoms with E-state index in [4.69, 9.17) is 4.74 Å². The third kappa shape index (κ3) is 4.95.